The van der Waals surface area contributed by atoms with E-state index in [1.54, 1.807) is 6.07 Å². The zero-order chi connectivity index (χ0) is 25.6. The summed E-state index contributed by atoms with van der Waals surface area (Å²) in [5.41, 5.74) is 3.58. The minimum absolute atomic E-state index is 0.172. The van der Waals surface area contributed by atoms with Gasteiger partial charge < -0.3 is 4.90 Å². The van der Waals surface area contributed by atoms with Gasteiger partial charge in [-0.15, -0.1) is 0 Å². The van der Waals surface area contributed by atoms with Gasteiger partial charge in [-0.2, -0.15) is 0 Å². The van der Waals surface area contributed by atoms with Crippen LogP contribution in [-0.4, -0.2) is 65.4 Å². The number of likely N-dealkylation sites (tertiary alicyclic amines) is 1. The molecule has 0 saturated carbocycles. The summed E-state index contributed by atoms with van der Waals surface area (Å²) in [6, 6.07) is 27.5. The molecule has 0 spiro atoms. The second-order valence-corrected chi connectivity index (χ2v) is 11.1. The van der Waals surface area contributed by atoms with Crippen LogP contribution < -0.4 is 0 Å². The number of piperidine rings is 1. The van der Waals surface area contributed by atoms with Crippen molar-refractivity contribution in [1.29, 1.82) is 0 Å². The molecule has 6 heteroatoms. The van der Waals surface area contributed by atoms with E-state index in [0.717, 1.165) is 64.1 Å². The third-order valence-corrected chi connectivity index (χ3v) is 8.57. The van der Waals surface area contributed by atoms with Crippen molar-refractivity contribution in [2.75, 3.05) is 32.7 Å². The topological polar surface area (TPSA) is 26.8 Å². The molecular weight excluding hydrogens is 501 g/mol. The van der Waals surface area contributed by atoms with E-state index in [9.17, 15) is 4.79 Å². The van der Waals surface area contributed by atoms with Crippen molar-refractivity contribution < 1.29 is 4.79 Å². The van der Waals surface area contributed by atoms with E-state index in [-0.39, 0.29) is 11.9 Å². The van der Waals surface area contributed by atoms with Crippen LogP contribution in [0.1, 0.15) is 29.5 Å². The van der Waals surface area contributed by atoms with Crippen molar-refractivity contribution in [3.63, 3.8) is 0 Å². The maximum atomic E-state index is 13.5. The number of hydrogen-bond donors (Lipinski definition) is 0. The summed E-state index contributed by atoms with van der Waals surface area (Å²) in [5.74, 6) is 0.172. The standard InChI is InChI=1S/C31H35Cl2N3O/c32-29-12-11-26(20-30(29)33)21-31(37)36-14-13-27(22-28(36)19-24-7-3-1-4-8-24)35-17-15-34(16-18-35)23-25-9-5-2-6-10-25/h1-12,20,27-28H,13-19,21-23H2/t27-,28-/m0/s1. The molecule has 0 bridgehead atoms. The first-order valence-corrected chi connectivity index (χ1v) is 14.1. The summed E-state index contributed by atoms with van der Waals surface area (Å²) in [4.78, 5) is 20.8. The zero-order valence-electron chi connectivity index (χ0n) is 21.2. The van der Waals surface area contributed by atoms with Gasteiger partial charge in [-0.3, -0.25) is 14.6 Å². The van der Waals surface area contributed by atoms with Crippen molar-refractivity contribution in [2.24, 2.45) is 0 Å². The largest absolute Gasteiger partial charge is 0.339 e. The van der Waals surface area contributed by atoms with Crippen LogP contribution in [0.4, 0.5) is 0 Å². The van der Waals surface area contributed by atoms with Gasteiger partial charge in [0.15, 0.2) is 0 Å². The minimum Gasteiger partial charge on any atom is -0.339 e. The van der Waals surface area contributed by atoms with E-state index >= 15 is 0 Å². The Morgan fingerprint density at radius 2 is 1.43 bits per heavy atom. The molecule has 0 N–H and O–H groups in total. The normalized spacial score (nSPS) is 21.2. The Kier molecular flexibility index (Phi) is 8.83. The fraction of sp³-hybridized carbons (Fsp3) is 0.387. The van der Waals surface area contributed by atoms with Crippen LogP contribution in [0.25, 0.3) is 0 Å². The van der Waals surface area contributed by atoms with Crippen LogP contribution in [0.15, 0.2) is 78.9 Å². The molecule has 5 rings (SSSR count). The van der Waals surface area contributed by atoms with Gasteiger partial charge in [0.2, 0.25) is 5.91 Å². The summed E-state index contributed by atoms with van der Waals surface area (Å²) in [5, 5.41) is 1.02. The maximum absolute atomic E-state index is 13.5. The van der Waals surface area contributed by atoms with Crippen molar-refractivity contribution in [1.82, 2.24) is 14.7 Å². The minimum atomic E-state index is 0.172. The van der Waals surface area contributed by atoms with Crippen molar-refractivity contribution in [3.8, 4) is 0 Å². The molecule has 2 atom stereocenters. The highest BCUT2D eigenvalue weighted by molar-refractivity contribution is 6.42. The maximum Gasteiger partial charge on any atom is 0.227 e. The highest BCUT2D eigenvalue weighted by Crippen LogP contribution is 2.28. The van der Waals surface area contributed by atoms with Gasteiger partial charge >= 0.3 is 0 Å². The van der Waals surface area contributed by atoms with Gasteiger partial charge in [0.1, 0.15) is 0 Å². The fourth-order valence-electron chi connectivity index (χ4n) is 5.82. The Labute approximate surface area is 230 Å². The summed E-state index contributed by atoms with van der Waals surface area (Å²) in [7, 11) is 0. The van der Waals surface area contributed by atoms with Gasteiger partial charge in [-0.25, -0.2) is 0 Å². The number of rotatable bonds is 7. The van der Waals surface area contributed by atoms with Crippen LogP contribution >= 0.6 is 23.2 Å². The van der Waals surface area contributed by atoms with E-state index in [1.165, 1.54) is 11.1 Å². The second-order valence-electron chi connectivity index (χ2n) is 10.3. The zero-order valence-corrected chi connectivity index (χ0v) is 22.7. The average Bonchev–Trinajstić information content (AvgIpc) is 2.92. The van der Waals surface area contributed by atoms with Gasteiger partial charge in [0.25, 0.3) is 0 Å². The molecule has 0 unspecified atom stereocenters. The third-order valence-electron chi connectivity index (χ3n) is 7.83. The summed E-state index contributed by atoms with van der Waals surface area (Å²) in [6.07, 6.45) is 3.28. The highest BCUT2D eigenvalue weighted by atomic mass is 35.5. The molecule has 37 heavy (non-hydrogen) atoms. The molecule has 4 nitrogen and oxygen atoms in total. The van der Waals surface area contributed by atoms with E-state index in [1.807, 2.05) is 12.1 Å². The summed E-state index contributed by atoms with van der Waals surface area (Å²) in [6.45, 7) is 6.18. The van der Waals surface area contributed by atoms with Crippen LogP contribution in [-0.2, 0) is 24.2 Å². The Morgan fingerprint density at radius 1 is 0.757 bits per heavy atom. The van der Waals surface area contributed by atoms with E-state index in [4.69, 9.17) is 23.2 Å². The van der Waals surface area contributed by atoms with Gasteiger partial charge in [-0.1, -0.05) is 89.9 Å². The molecule has 2 aliphatic rings. The molecule has 3 aromatic rings. The van der Waals surface area contributed by atoms with Crippen LogP contribution in [0.2, 0.25) is 10.0 Å². The number of halogens is 2. The molecule has 3 aromatic carbocycles. The number of carbonyl (C=O) groups is 1. The van der Waals surface area contributed by atoms with Gasteiger partial charge in [0.05, 0.1) is 16.5 Å². The monoisotopic (exact) mass is 535 g/mol. The molecule has 194 valence electrons. The third kappa shape index (κ3) is 6.94. The van der Waals surface area contributed by atoms with E-state index in [2.05, 4.69) is 75.4 Å². The SMILES string of the molecule is O=C(Cc1ccc(Cl)c(Cl)c1)N1CC[C@H](N2CCN(Cc3ccccc3)CC2)C[C@@H]1Cc1ccccc1. The average molecular weight is 537 g/mol. The Morgan fingerprint density at radius 3 is 2.11 bits per heavy atom. The fourth-order valence-corrected chi connectivity index (χ4v) is 6.14. The molecule has 2 heterocycles. The number of benzene rings is 3. The lowest BCUT2D eigenvalue weighted by Crippen LogP contribution is -2.56. The van der Waals surface area contributed by atoms with Crippen molar-refractivity contribution in [3.05, 3.63) is 106 Å². The van der Waals surface area contributed by atoms with Crippen LogP contribution in [0, 0.1) is 0 Å². The Balaban J connectivity index is 1.23. The smallest absolute Gasteiger partial charge is 0.227 e. The molecule has 0 aliphatic carbocycles. The number of carbonyl (C=O) groups excluding carboxylic acids is 1. The lowest BCUT2D eigenvalue weighted by atomic mass is 9.90. The highest BCUT2D eigenvalue weighted by Gasteiger charge is 2.35. The predicted octanol–water partition coefficient (Wildman–Crippen LogP) is 5.96. The first-order valence-electron chi connectivity index (χ1n) is 13.3. The molecule has 2 saturated heterocycles. The first-order chi connectivity index (χ1) is 18.0. The summed E-state index contributed by atoms with van der Waals surface area (Å²) < 4.78 is 0. The number of hydrogen-bond acceptors (Lipinski definition) is 3. The van der Waals surface area contributed by atoms with Crippen LogP contribution in [0.5, 0.6) is 0 Å². The van der Waals surface area contributed by atoms with Crippen molar-refractivity contribution in [2.45, 2.75) is 44.3 Å². The molecule has 2 aliphatic heterocycles. The van der Waals surface area contributed by atoms with Crippen molar-refractivity contribution >= 4 is 29.1 Å². The predicted molar refractivity (Wildman–Crippen MR) is 152 cm³/mol. The Hall–Kier alpha value is -2.37. The number of piperazine rings is 1. The van der Waals surface area contributed by atoms with Crippen LogP contribution in [0.3, 0.4) is 0 Å². The molecule has 1 amide bonds. The lowest BCUT2D eigenvalue weighted by molar-refractivity contribution is -0.135. The molecule has 2 fully saturated rings. The summed E-state index contributed by atoms with van der Waals surface area (Å²) >= 11 is 12.3. The van der Waals surface area contributed by atoms with E-state index in [0.29, 0.717) is 22.5 Å². The quantitative estimate of drug-likeness (QED) is 0.373. The molecule has 0 radical (unpaired) electrons. The number of nitrogens with zero attached hydrogens (tertiary/aromatic N) is 3. The molecular formula is C31H35Cl2N3O. The first kappa shape index (κ1) is 26.2. The lowest BCUT2D eigenvalue weighted by Gasteiger charge is -2.46. The Bertz CT molecular complexity index is 1170. The number of amides is 1. The molecule has 0 aromatic heterocycles. The van der Waals surface area contributed by atoms with Gasteiger partial charge in [-0.05, 0) is 48.1 Å². The van der Waals surface area contributed by atoms with Gasteiger partial charge in [0, 0.05) is 51.4 Å². The van der Waals surface area contributed by atoms with E-state index < -0.39 is 0 Å². The second kappa shape index (κ2) is 12.4.